The first-order chi connectivity index (χ1) is 7.74. The van der Waals surface area contributed by atoms with E-state index in [-0.39, 0.29) is 0 Å². The van der Waals surface area contributed by atoms with Gasteiger partial charge in [-0.2, -0.15) is 0 Å². The zero-order valence-corrected chi connectivity index (χ0v) is 11.7. The molecule has 0 bridgehead atoms. The van der Waals surface area contributed by atoms with Crippen molar-refractivity contribution in [1.82, 2.24) is 4.90 Å². The molecule has 1 fully saturated rings. The number of piperidine rings is 1. The van der Waals surface area contributed by atoms with Gasteiger partial charge in [-0.1, -0.05) is 13.8 Å². The van der Waals surface area contributed by atoms with Crippen LogP contribution < -0.4 is 0 Å². The Balaban J connectivity index is 0.00000106. The van der Waals surface area contributed by atoms with Gasteiger partial charge < -0.3 is 14.4 Å². The van der Waals surface area contributed by atoms with E-state index in [0.717, 1.165) is 6.61 Å². The van der Waals surface area contributed by atoms with Crippen LogP contribution in [0.3, 0.4) is 0 Å². The fourth-order valence-electron chi connectivity index (χ4n) is 1.86. The highest BCUT2D eigenvalue weighted by Crippen LogP contribution is 2.15. The topological polar surface area (TPSA) is 21.7 Å². The molecule has 0 amide bonds. The van der Waals surface area contributed by atoms with Gasteiger partial charge in [-0.15, -0.1) is 0 Å². The Kier molecular flexibility index (Phi) is 9.99. The van der Waals surface area contributed by atoms with Crippen molar-refractivity contribution in [3.05, 3.63) is 0 Å². The van der Waals surface area contributed by atoms with Crippen molar-refractivity contribution in [2.45, 2.75) is 52.7 Å². The minimum atomic E-state index is 0.458. The van der Waals surface area contributed by atoms with Crippen molar-refractivity contribution >= 4 is 0 Å². The molecule has 16 heavy (non-hydrogen) atoms. The lowest BCUT2D eigenvalue weighted by molar-refractivity contribution is -0.0189. The molecule has 0 aromatic rings. The second-order valence-corrected chi connectivity index (χ2v) is 4.19. The van der Waals surface area contributed by atoms with E-state index < -0.39 is 0 Å². The van der Waals surface area contributed by atoms with Crippen molar-refractivity contribution < 1.29 is 9.47 Å². The van der Waals surface area contributed by atoms with Gasteiger partial charge in [-0.3, -0.25) is 0 Å². The van der Waals surface area contributed by atoms with Crippen LogP contribution in [0, 0.1) is 0 Å². The van der Waals surface area contributed by atoms with Crippen LogP contribution >= 0.6 is 0 Å². The van der Waals surface area contributed by atoms with Gasteiger partial charge in [-0.25, -0.2) is 0 Å². The van der Waals surface area contributed by atoms with Crippen LogP contribution in [0.4, 0.5) is 0 Å². The second kappa shape index (κ2) is 10.1. The number of likely N-dealkylation sites (tertiary alicyclic amines) is 1. The molecule has 0 N–H and O–H groups in total. The van der Waals surface area contributed by atoms with Crippen molar-refractivity contribution in [3.63, 3.8) is 0 Å². The van der Waals surface area contributed by atoms with E-state index in [0.29, 0.717) is 18.8 Å². The van der Waals surface area contributed by atoms with Crippen LogP contribution in [0.5, 0.6) is 0 Å². The van der Waals surface area contributed by atoms with Crippen LogP contribution in [0.25, 0.3) is 0 Å². The van der Waals surface area contributed by atoms with Crippen molar-refractivity contribution in [2.75, 3.05) is 33.4 Å². The molecule has 0 aromatic heterocycles. The average molecular weight is 231 g/mol. The molecule has 0 aromatic carbocycles. The van der Waals surface area contributed by atoms with Gasteiger partial charge in [0, 0.05) is 26.2 Å². The third kappa shape index (κ3) is 6.46. The molecule has 0 saturated carbocycles. The Morgan fingerprint density at radius 1 is 1.12 bits per heavy atom. The van der Waals surface area contributed by atoms with Gasteiger partial charge in [-0.05, 0) is 26.7 Å². The Labute approximate surface area is 101 Å². The predicted octanol–water partition coefficient (Wildman–Crippen LogP) is 2.55. The highest BCUT2D eigenvalue weighted by atomic mass is 16.5. The number of nitrogens with zero attached hydrogens (tertiary/aromatic N) is 1. The van der Waals surface area contributed by atoms with Gasteiger partial charge in [0.2, 0.25) is 0 Å². The number of hydrogen-bond acceptors (Lipinski definition) is 3. The fourth-order valence-corrected chi connectivity index (χ4v) is 1.86. The third-order valence-corrected chi connectivity index (χ3v) is 2.85. The first-order valence-electron chi connectivity index (χ1n) is 6.58. The lowest BCUT2D eigenvalue weighted by atomic mass is 10.1. The smallest absolute Gasteiger partial charge is 0.0704 e. The number of rotatable bonds is 5. The summed E-state index contributed by atoms with van der Waals surface area (Å²) in [6, 6.07) is 0.676. The van der Waals surface area contributed by atoms with Crippen LogP contribution in [0.1, 0.15) is 40.5 Å². The monoisotopic (exact) mass is 231 g/mol. The van der Waals surface area contributed by atoms with Crippen LogP contribution in [0.15, 0.2) is 0 Å². The standard InChI is InChI=1S/C11H23NO2.C2H6/c1-10(2)12-6-4-11(5-7-12)14-9-8-13-3;1-2/h10-11H,4-9H2,1-3H3;1-2H3. The lowest BCUT2D eigenvalue weighted by Crippen LogP contribution is -2.41. The maximum atomic E-state index is 5.70. The van der Waals surface area contributed by atoms with E-state index in [4.69, 9.17) is 9.47 Å². The summed E-state index contributed by atoms with van der Waals surface area (Å²) < 4.78 is 10.7. The molecular formula is C13H29NO2. The van der Waals surface area contributed by atoms with Gasteiger partial charge in [0.25, 0.3) is 0 Å². The summed E-state index contributed by atoms with van der Waals surface area (Å²) in [4.78, 5) is 2.51. The molecule has 1 aliphatic rings. The lowest BCUT2D eigenvalue weighted by Gasteiger charge is -2.34. The van der Waals surface area contributed by atoms with Crippen LogP contribution in [0.2, 0.25) is 0 Å². The molecule has 3 heteroatoms. The van der Waals surface area contributed by atoms with E-state index >= 15 is 0 Å². The summed E-state index contributed by atoms with van der Waals surface area (Å²) >= 11 is 0. The first kappa shape index (κ1) is 15.9. The van der Waals surface area contributed by atoms with E-state index in [1.165, 1.54) is 25.9 Å². The molecule has 0 aliphatic carbocycles. The summed E-state index contributed by atoms with van der Waals surface area (Å²) in [5.74, 6) is 0. The number of ether oxygens (including phenoxy) is 2. The molecular weight excluding hydrogens is 202 g/mol. The van der Waals surface area contributed by atoms with Gasteiger partial charge in [0.15, 0.2) is 0 Å². The molecule has 1 heterocycles. The van der Waals surface area contributed by atoms with E-state index in [1.807, 2.05) is 13.8 Å². The summed E-state index contributed by atoms with van der Waals surface area (Å²) in [6.07, 6.45) is 2.80. The van der Waals surface area contributed by atoms with Crippen LogP contribution in [-0.2, 0) is 9.47 Å². The van der Waals surface area contributed by atoms with Gasteiger partial charge in [0.1, 0.15) is 0 Å². The Morgan fingerprint density at radius 2 is 1.69 bits per heavy atom. The summed E-state index contributed by atoms with van der Waals surface area (Å²) in [5, 5.41) is 0. The van der Waals surface area contributed by atoms with E-state index in [2.05, 4.69) is 18.7 Å². The zero-order valence-electron chi connectivity index (χ0n) is 11.7. The van der Waals surface area contributed by atoms with Crippen LogP contribution in [-0.4, -0.2) is 50.5 Å². The predicted molar refractivity (Wildman–Crippen MR) is 68.9 cm³/mol. The zero-order chi connectivity index (χ0) is 12.4. The van der Waals surface area contributed by atoms with Crippen molar-refractivity contribution in [2.24, 2.45) is 0 Å². The number of hydrogen-bond donors (Lipinski definition) is 0. The molecule has 1 aliphatic heterocycles. The van der Waals surface area contributed by atoms with Crippen molar-refractivity contribution in [3.8, 4) is 0 Å². The molecule has 1 rings (SSSR count). The Morgan fingerprint density at radius 3 is 2.12 bits per heavy atom. The maximum absolute atomic E-state index is 5.70. The maximum Gasteiger partial charge on any atom is 0.0704 e. The Hall–Kier alpha value is -0.120. The molecule has 0 atom stereocenters. The first-order valence-corrected chi connectivity index (χ1v) is 6.58. The minimum absolute atomic E-state index is 0.458. The quantitative estimate of drug-likeness (QED) is 0.679. The average Bonchev–Trinajstić information content (AvgIpc) is 2.33. The second-order valence-electron chi connectivity index (χ2n) is 4.19. The molecule has 0 spiro atoms. The molecule has 3 nitrogen and oxygen atoms in total. The molecule has 98 valence electrons. The van der Waals surface area contributed by atoms with Gasteiger partial charge >= 0.3 is 0 Å². The largest absolute Gasteiger partial charge is 0.382 e. The van der Waals surface area contributed by atoms with E-state index in [1.54, 1.807) is 7.11 Å². The normalized spacial score (nSPS) is 18.4. The fraction of sp³-hybridized carbons (Fsp3) is 1.00. The molecule has 0 radical (unpaired) electrons. The minimum Gasteiger partial charge on any atom is -0.382 e. The molecule has 0 unspecified atom stereocenters. The van der Waals surface area contributed by atoms with Gasteiger partial charge in [0.05, 0.1) is 19.3 Å². The summed E-state index contributed by atoms with van der Waals surface area (Å²) in [7, 11) is 1.71. The number of methoxy groups -OCH3 is 1. The SMILES string of the molecule is CC.COCCOC1CCN(C(C)C)CC1. The molecule has 1 saturated heterocycles. The summed E-state index contributed by atoms with van der Waals surface area (Å²) in [5.41, 5.74) is 0. The third-order valence-electron chi connectivity index (χ3n) is 2.85. The summed E-state index contributed by atoms with van der Waals surface area (Å²) in [6.45, 7) is 12.3. The van der Waals surface area contributed by atoms with Crippen molar-refractivity contribution in [1.29, 1.82) is 0 Å². The Bertz CT molecular complexity index is 143. The van der Waals surface area contributed by atoms with E-state index in [9.17, 15) is 0 Å². The highest BCUT2D eigenvalue weighted by molar-refractivity contribution is 4.74. The highest BCUT2D eigenvalue weighted by Gasteiger charge is 2.20.